The van der Waals surface area contributed by atoms with Gasteiger partial charge in [0.1, 0.15) is 11.4 Å². The summed E-state index contributed by atoms with van der Waals surface area (Å²) in [7, 11) is 1.56. The van der Waals surface area contributed by atoms with E-state index in [1.54, 1.807) is 40.1 Å². The summed E-state index contributed by atoms with van der Waals surface area (Å²) in [5.41, 5.74) is 7.11. The second-order valence-corrected chi connectivity index (χ2v) is 5.64. The molecule has 0 unspecified atom stereocenters. The predicted molar refractivity (Wildman–Crippen MR) is 83.6 cm³/mol. The van der Waals surface area contributed by atoms with Crippen molar-refractivity contribution in [2.45, 2.75) is 26.4 Å². The molecule has 0 spiro atoms. The fourth-order valence-corrected chi connectivity index (χ4v) is 1.81. The van der Waals surface area contributed by atoms with Crippen molar-refractivity contribution in [1.82, 2.24) is 15.6 Å². The number of amides is 1. The third-order valence-corrected chi connectivity index (χ3v) is 2.71. The number of nitrogens with zero attached hydrogens (tertiary/aromatic N) is 1. The normalized spacial score (nSPS) is 10.9. The maximum absolute atomic E-state index is 11.7. The Morgan fingerprint density at radius 2 is 2.05 bits per heavy atom. The largest absolute Gasteiger partial charge is 0.495 e. The molecule has 1 amide bonds. The summed E-state index contributed by atoms with van der Waals surface area (Å²) in [6.45, 7) is 5.39. The molecule has 7 nitrogen and oxygen atoms in total. The molecule has 2 rings (SSSR count). The number of carbonyl (C=O) groups is 1. The minimum absolute atomic E-state index is 0.562. The Kier molecular flexibility index (Phi) is 4.55. The first-order valence-corrected chi connectivity index (χ1v) is 6.82. The number of aromatic amines is 1. The molecule has 3 N–H and O–H groups in total. The SMILES string of the molecule is COc1ccc(-c2ccn[nH]2)cc1NNC(=O)OC(C)(C)C. The van der Waals surface area contributed by atoms with Crippen molar-refractivity contribution in [3.05, 3.63) is 30.5 Å². The van der Waals surface area contributed by atoms with Crippen LogP contribution >= 0.6 is 0 Å². The van der Waals surface area contributed by atoms with Gasteiger partial charge in [0.05, 0.1) is 18.5 Å². The molecular weight excluding hydrogens is 284 g/mol. The van der Waals surface area contributed by atoms with Gasteiger partial charge in [0.25, 0.3) is 0 Å². The monoisotopic (exact) mass is 304 g/mol. The lowest BCUT2D eigenvalue weighted by molar-refractivity contribution is 0.0541. The Balaban J connectivity index is 2.12. The molecule has 1 heterocycles. The third kappa shape index (κ3) is 4.15. The van der Waals surface area contributed by atoms with Gasteiger partial charge >= 0.3 is 6.09 Å². The zero-order valence-corrected chi connectivity index (χ0v) is 13.1. The number of aromatic nitrogens is 2. The van der Waals surface area contributed by atoms with Crippen LogP contribution in [-0.2, 0) is 4.74 Å². The molecule has 0 saturated carbocycles. The Morgan fingerprint density at radius 1 is 1.27 bits per heavy atom. The molecule has 0 fully saturated rings. The van der Waals surface area contributed by atoms with Crippen molar-refractivity contribution in [3.63, 3.8) is 0 Å². The summed E-state index contributed by atoms with van der Waals surface area (Å²) in [5, 5.41) is 6.80. The Bertz CT molecular complexity index is 633. The van der Waals surface area contributed by atoms with E-state index in [1.165, 1.54) is 0 Å². The smallest absolute Gasteiger partial charge is 0.426 e. The van der Waals surface area contributed by atoms with Crippen LogP contribution in [0, 0.1) is 0 Å². The molecule has 22 heavy (non-hydrogen) atoms. The van der Waals surface area contributed by atoms with Gasteiger partial charge in [-0.25, -0.2) is 10.2 Å². The van der Waals surface area contributed by atoms with E-state index < -0.39 is 11.7 Å². The maximum Gasteiger partial charge on any atom is 0.426 e. The molecule has 0 bridgehead atoms. The van der Waals surface area contributed by atoms with E-state index in [-0.39, 0.29) is 0 Å². The van der Waals surface area contributed by atoms with Gasteiger partial charge in [0, 0.05) is 11.8 Å². The molecule has 0 aliphatic heterocycles. The number of carbonyl (C=O) groups excluding carboxylic acids is 1. The number of hydrogen-bond donors (Lipinski definition) is 3. The van der Waals surface area contributed by atoms with Gasteiger partial charge in [0.2, 0.25) is 0 Å². The highest BCUT2D eigenvalue weighted by Gasteiger charge is 2.16. The molecule has 1 aromatic carbocycles. The molecule has 0 aliphatic rings. The number of rotatable bonds is 4. The van der Waals surface area contributed by atoms with Crippen LogP contribution in [0.25, 0.3) is 11.3 Å². The van der Waals surface area contributed by atoms with Crippen LogP contribution < -0.4 is 15.6 Å². The van der Waals surface area contributed by atoms with E-state index in [4.69, 9.17) is 9.47 Å². The van der Waals surface area contributed by atoms with Crippen LogP contribution in [0.2, 0.25) is 0 Å². The van der Waals surface area contributed by atoms with Gasteiger partial charge in [-0.15, -0.1) is 0 Å². The highest BCUT2D eigenvalue weighted by atomic mass is 16.6. The van der Waals surface area contributed by atoms with E-state index in [9.17, 15) is 4.79 Å². The standard InChI is InChI=1S/C15H20N4O3/c1-15(2,3)22-14(20)19-18-12-9-10(5-6-13(12)21-4)11-7-8-16-17-11/h5-9,18H,1-4H3,(H,16,17)(H,19,20). The quantitative estimate of drug-likeness (QED) is 0.756. The first kappa shape index (κ1) is 15.7. The average molecular weight is 304 g/mol. The lowest BCUT2D eigenvalue weighted by Crippen LogP contribution is -2.35. The van der Waals surface area contributed by atoms with E-state index in [1.807, 2.05) is 18.2 Å². The Hall–Kier alpha value is -2.70. The van der Waals surface area contributed by atoms with Crippen molar-refractivity contribution < 1.29 is 14.3 Å². The molecule has 1 aromatic heterocycles. The number of ether oxygens (including phenoxy) is 2. The average Bonchev–Trinajstić information content (AvgIpc) is 2.97. The molecule has 0 radical (unpaired) electrons. The van der Waals surface area contributed by atoms with Crippen molar-refractivity contribution >= 4 is 11.8 Å². The maximum atomic E-state index is 11.7. The molecule has 0 atom stereocenters. The third-order valence-electron chi connectivity index (χ3n) is 2.71. The van der Waals surface area contributed by atoms with Gasteiger partial charge in [-0.1, -0.05) is 0 Å². The van der Waals surface area contributed by atoms with E-state index >= 15 is 0 Å². The highest BCUT2D eigenvalue weighted by Crippen LogP contribution is 2.29. The molecule has 0 aliphatic carbocycles. The summed E-state index contributed by atoms with van der Waals surface area (Å²) >= 11 is 0. The van der Waals surface area contributed by atoms with Crippen molar-refractivity contribution in [2.24, 2.45) is 0 Å². The second kappa shape index (κ2) is 6.38. The van der Waals surface area contributed by atoms with Crippen molar-refractivity contribution in [2.75, 3.05) is 12.5 Å². The van der Waals surface area contributed by atoms with Crippen LogP contribution in [0.5, 0.6) is 5.75 Å². The van der Waals surface area contributed by atoms with E-state index in [2.05, 4.69) is 21.0 Å². The number of nitrogens with one attached hydrogen (secondary N) is 3. The number of benzene rings is 1. The number of hydrogen-bond acceptors (Lipinski definition) is 5. The minimum atomic E-state index is -0.568. The number of methoxy groups -OCH3 is 1. The van der Waals surface area contributed by atoms with Crippen LogP contribution in [0.3, 0.4) is 0 Å². The second-order valence-electron chi connectivity index (χ2n) is 5.64. The molecule has 0 saturated heterocycles. The zero-order chi connectivity index (χ0) is 16.2. The van der Waals surface area contributed by atoms with Gasteiger partial charge in [-0.3, -0.25) is 10.5 Å². The Labute approximate surface area is 129 Å². The fourth-order valence-electron chi connectivity index (χ4n) is 1.81. The summed E-state index contributed by atoms with van der Waals surface area (Å²) in [4.78, 5) is 11.7. The molecular formula is C15H20N4O3. The number of anilines is 1. The van der Waals surface area contributed by atoms with Crippen LogP contribution in [0.4, 0.5) is 10.5 Å². The summed E-state index contributed by atoms with van der Waals surface area (Å²) in [5.74, 6) is 0.597. The summed E-state index contributed by atoms with van der Waals surface area (Å²) in [6, 6.07) is 7.39. The van der Waals surface area contributed by atoms with Gasteiger partial charge in [-0.05, 0) is 45.0 Å². The predicted octanol–water partition coefficient (Wildman–Crippen LogP) is 2.94. The van der Waals surface area contributed by atoms with Crippen LogP contribution in [0.15, 0.2) is 30.5 Å². The minimum Gasteiger partial charge on any atom is -0.495 e. The Morgan fingerprint density at radius 3 is 2.64 bits per heavy atom. The summed E-state index contributed by atoms with van der Waals surface area (Å²) < 4.78 is 10.4. The summed E-state index contributed by atoms with van der Waals surface area (Å²) in [6.07, 6.45) is 1.10. The van der Waals surface area contributed by atoms with Gasteiger partial charge in [-0.2, -0.15) is 5.10 Å². The van der Waals surface area contributed by atoms with Crippen LogP contribution in [0.1, 0.15) is 20.8 Å². The van der Waals surface area contributed by atoms with Gasteiger partial charge in [0.15, 0.2) is 0 Å². The number of hydrazine groups is 1. The van der Waals surface area contributed by atoms with Crippen LogP contribution in [-0.4, -0.2) is 29.0 Å². The highest BCUT2D eigenvalue weighted by molar-refractivity contribution is 5.74. The molecule has 2 aromatic rings. The lowest BCUT2D eigenvalue weighted by atomic mass is 10.1. The first-order valence-electron chi connectivity index (χ1n) is 6.82. The topological polar surface area (TPSA) is 88.3 Å². The van der Waals surface area contributed by atoms with Crippen molar-refractivity contribution in [3.8, 4) is 17.0 Å². The zero-order valence-electron chi connectivity index (χ0n) is 13.1. The van der Waals surface area contributed by atoms with E-state index in [0.29, 0.717) is 11.4 Å². The van der Waals surface area contributed by atoms with Crippen molar-refractivity contribution in [1.29, 1.82) is 0 Å². The lowest BCUT2D eigenvalue weighted by Gasteiger charge is -2.20. The van der Waals surface area contributed by atoms with Gasteiger partial charge < -0.3 is 9.47 Å². The number of H-pyrrole nitrogens is 1. The molecule has 7 heteroatoms. The fraction of sp³-hybridized carbons (Fsp3) is 0.333. The molecule has 118 valence electrons. The first-order chi connectivity index (χ1) is 10.4. The van der Waals surface area contributed by atoms with E-state index in [0.717, 1.165) is 11.3 Å².